The zero-order chi connectivity index (χ0) is 14.7. The van der Waals surface area contributed by atoms with E-state index in [1.165, 1.54) is 6.07 Å². The lowest BCUT2D eigenvalue weighted by atomic mass is 10.0. The number of anilines is 2. The Balaban J connectivity index is 2.32. The van der Waals surface area contributed by atoms with Crippen LogP contribution in [-0.4, -0.2) is 17.4 Å². The Bertz CT molecular complexity index is 590. The summed E-state index contributed by atoms with van der Waals surface area (Å²) in [7, 11) is 0. The van der Waals surface area contributed by atoms with Crippen LogP contribution < -0.4 is 10.6 Å². The summed E-state index contributed by atoms with van der Waals surface area (Å²) in [4.78, 5) is 22.0. The molecule has 1 aromatic rings. The third-order valence-corrected chi connectivity index (χ3v) is 3.12. The molecule has 1 heterocycles. The van der Waals surface area contributed by atoms with Crippen molar-refractivity contribution in [1.29, 1.82) is 0 Å². The van der Waals surface area contributed by atoms with Gasteiger partial charge in [0.25, 0.3) is 5.69 Å². The highest BCUT2D eigenvalue weighted by Crippen LogP contribution is 2.34. The van der Waals surface area contributed by atoms with Gasteiger partial charge in [0.1, 0.15) is 5.69 Å². The van der Waals surface area contributed by atoms with E-state index in [1.807, 2.05) is 19.9 Å². The van der Waals surface area contributed by atoms with Gasteiger partial charge in [0.2, 0.25) is 5.91 Å². The number of nitro benzene ring substituents is 1. The number of hydrogen-bond donors (Lipinski definition) is 2. The first-order valence-electron chi connectivity index (χ1n) is 6.46. The highest BCUT2D eigenvalue weighted by Gasteiger charge is 2.22. The largest absolute Gasteiger partial charge is 0.376 e. The molecule has 0 bridgehead atoms. The number of carbonyl (C=O) groups is 1. The molecule has 1 aromatic carbocycles. The molecule has 20 heavy (non-hydrogen) atoms. The van der Waals surface area contributed by atoms with Gasteiger partial charge in [-0.3, -0.25) is 14.9 Å². The van der Waals surface area contributed by atoms with E-state index in [0.29, 0.717) is 30.8 Å². The van der Waals surface area contributed by atoms with Crippen LogP contribution in [-0.2, 0) is 11.2 Å². The van der Waals surface area contributed by atoms with E-state index in [4.69, 9.17) is 0 Å². The number of amides is 1. The molecule has 2 N–H and O–H groups in total. The molecular formula is C14H17N3O3. The summed E-state index contributed by atoms with van der Waals surface area (Å²) in [5.41, 5.74) is 3.08. The molecule has 0 saturated carbocycles. The van der Waals surface area contributed by atoms with E-state index in [-0.39, 0.29) is 11.6 Å². The molecule has 0 atom stereocenters. The minimum atomic E-state index is -0.439. The Morgan fingerprint density at radius 2 is 2.20 bits per heavy atom. The molecule has 0 unspecified atom stereocenters. The second-order valence-electron chi connectivity index (χ2n) is 4.99. The smallest absolute Gasteiger partial charge is 0.294 e. The fraction of sp³-hybridized carbons (Fsp3) is 0.357. The maximum absolute atomic E-state index is 11.3. The molecule has 0 radical (unpaired) electrons. The summed E-state index contributed by atoms with van der Waals surface area (Å²) < 4.78 is 0. The van der Waals surface area contributed by atoms with Crippen molar-refractivity contribution in [3.8, 4) is 0 Å². The Hall–Kier alpha value is -2.37. The Morgan fingerprint density at radius 1 is 1.45 bits per heavy atom. The lowest BCUT2D eigenvalue weighted by Crippen LogP contribution is -2.19. The number of rotatable bonds is 4. The zero-order valence-electron chi connectivity index (χ0n) is 11.5. The summed E-state index contributed by atoms with van der Waals surface area (Å²) in [5, 5.41) is 16.9. The molecule has 0 spiro atoms. The monoisotopic (exact) mass is 275 g/mol. The molecule has 1 aliphatic heterocycles. The molecule has 6 heteroatoms. The number of benzene rings is 1. The van der Waals surface area contributed by atoms with Crippen LogP contribution in [0, 0.1) is 10.1 Å². The topological polar surface area (TPSA) is 84.3 Å². The van der Waals surface area contributed by atoms with E-state index in [2.05, 4.69) is 10.6 Å². The van der Waals surface area contributed by atoms with Gasteiger partial charge in [-0.2, -0.15) is 0 Å². The van der Waals surface area contributed by atoms with E-state index < -0.39 is 4.92 Å². The van der Waals surface area contributed by atoms with E-state index in [1.54, 1.807) is 6.07 Å². The molecule has 0 aromatic heterocycles. The van der Waals surface area contributed by atoms with E-state index in [0.717, 1.165) is 11.1 Å². The number of nitro groups is 1. The van der Waals surface area contributed by atoms with Gasteiger partial charge in [-0.25, -0.2) is 0 Å². The first-order chi connectivity index (χ1) is 9.47. The fourth-order valence-corrected chi connectivity index (χ4v) is 2.07. The van der Waals surface area contributed by atoms with Crippen LogP contribution in [0.15, 0.2) is 23.8 Å². The standard InChI is InChI=1S/C14H17N3O3/c1-9(2)5-6-15-12-7-10-3-4-14(18)16-11(10)8-13(12)17(19)20/h5,7-8,15H,3-4,6H2,1-2H3,(H,16,18). The minimum absolute atomic E-state index is 0.0203. The van der Waals surface area contributed by atoms with Crippen LogP contribution in [0.5, 0.6) is 0 Å². The lowest BCUT2D eigenvalue weighted by Gasteiger charge is -2.18. The maximum atomic E-state index is 11.3. The van der Waals surface area contributed by atoms with E-state index in [9.17, 15) is 14.9 Å². The molecule has 0 fully saturated rings. The van der Waals surface area contributed by atoms with Crippen molar-refractivity contribution in [3.63, 3.8) is 0 Å². The molecule has 6 nitrogen and oxygen atoms in total. The number of carbonyl (C=O) groups excluding carboxylic acids is 1. The van der Waals surface area contributed by atoms with Crippen molar-refractivity contribution < 1.29 is 9.72 Å². The fourth-order valence-electron chi connectivity index (χ4n) is 2.07. The summed E-state index contributed by atoms with van der Waals surface area (Å²) >= 11 is 0. The van der Waals surface area contributed by atoms with Crippen molar-refractivity contribution in [2.24, 2.45) is 0 Å². The van der Waals surface area contributed by atoms with Gasteiger partial charge in [0.15, 0.2) is 0 Å². The summed E-state index contributed by atoms with van der Waals surface area (Å²) in [6.45, 7) is 4.48. The number of hydrogen-bond acceptors (Lipinski definition) is 4. The van der Waals surface area contributed by atoms with Crippen molar-refractivity contribution in [3.05, 3.63) is 39.5 Å². The predicted octanol–water partition coefficient (Wildman–Crippen LogP) is 2.86. The SMILES string of the molecule is CC(C)=CCNc1cc2c(cc1[N+](=O)[O-])NC(=O)CC2. The molecule has 0 aliphatic carbocycles. The van der Waals surface area contributed by atoms with Crippen molar-refractivity contribution in [2.75, 3.05) is 17.2 Å². The first kappa shape index (κ1) is 14.0. The van der Waals surface area contributed by atoms with Crippen LogP contribution >= 0.6 is 0 Å². The van der Waals surface area contributed by atoms with Crippen molar-refractivity contribution in [1.82, 2.24) is 0 Å². The molecular weight excluding hydrogens is 258 g/mol. The average molecular weight is 275 g/mol. The molecule has 1 amide bonds. The second kappa shape index (κ2) is 5.73. The van der Waals surface area contributed by atoms with Crippen LogP contribution in [0.25, 0.3) is 0 Å². The van der Waals surface area contributed by atoms with Crippen LogP contribution in [0.1, 0.15) is 25.8 Å². The highest BCUT2D eigenvalue weighted by molar-refractivity contribution is 5.95. The van der Waals surface area contributed by atoms with Crippen LogP contribution in [0.3, 0.4) is 0 Å². The number of fused-ring (bicyclic) bond motifs is 1. The minimum Gasteiger partial charge on any atom is -0.376 e. The van der Waals surface area contributed by atoms with Gasteiger partial charge >= 0.3 is 0 Å². The summed E-state index contributed by atoms with van der Waals surface area (Å²) in [5.74, 6) is -0.1000. The number of allylic oxidation sites excluding steroid dienone is 1. The third-order valence-electron chi connectivity index (χ3n) is 3.12. The average Bonchev–Trinajstić information content (AvgIpc) is 2.37. The predicted molar refractivity (Wildman–Crippen MR) is 78.0 cm³/mol. The van der Waals surface area contributed by atoms with Gasteiger partial charge in [0, 0.05) is 19.0 Å². The van der Waals surface area contributed by atoms with Gasteiger partial charge in [0.05, 0.1) is 10.6 Å². The van der Waals surface area contributed by atoms with E-state index >= 15 is 0 Å². The van der Waals surface area contributed by atoms with Gasteiger partial charge in [-0.05, 0) is 31.9 Å². The third kappa shape index (κ3) is 3.14. The lowest BCUT2D eigenvalue weighted by molar-refractivity contribution is -0.383. The molecule has 106 valence electrons. The number of nitrogens with zero attached hydrogens (tertiary/aromatic N) is 1. The highest BCUT2D eigenvalue weighted by atomic mass is 16.6. The second-order valence-corrected chi connectivity index (χ2v) is 4.99. The van der Waals surface area contributed by atoms with Gasteiger partial charge in [-0.15, -0.1) is 0 Å². The Kier molecular flexibility index (Phi) is 4.02. The van der Waals surface area contributed by atoms with Gasteiger partial charge < -0.3 is 10.6 Å². The van der Waals surface area contributed by atoms with Crippen LogP contribution in [0.4, 0.5) is 17.1 Å². The van der Waals surface area contributed by atoms with Gasteiger partial charge in [-0.1, -0.05) is 11.6 Å². The van der Waals surface area contributed by atoms with Crippen molar-refractivity contribution >= 4 is 23.0 Å². The number of nitrogens with one attached hydrogen (secondary N) is 2. The Morgan fingerprint density at radius 3 is 2.85 bits per heavy atom. The van der Waals surface area contributed by atoms with Crippen molar-refractivity contribution in [2.45, 2.75) is 26.7 Å². The zero-order valence-corrected chi connectivity index (χ0v) is 11.5. The number of aryl methyl sites for hydroxylation is 1. The maximum Gasteiger partial charge on any atom is 0.294 e. The summed E-state index contributed by atoms with van der Waals surface area (Å²) in [6, 6.07) is 3.18. The Labute approximate surface area is 117 Å². The first-order valence-corrected chi connectivity index (χ1v) is 6.46. The molecule has 1 aliphatic rings. The van der Waals surface area contributed by atoms with Crippen LogP contribution in [0.2, 0.25) is 0 Å². The normalized spacial score (nSPS) is 13.2. The molecule has 0 saturated heterocycles. The quantitative estimate of drug-likeness (QED) is 0.502. The summed E-state index contributed by atoms with van der Waals surface area (Å²) in [6.07, 6.45) is 2.99. The molecule has 2 rings (SSSR count).